The van der Waals surface area contributed by atoms with Gasteiger partial charge in [0.05, 0.1) is 18.6 Å². The summed E-state index contributed by atoms with van der Waals surface area (Å²) in [6.07, 6.45) is 0. The number of nitrogens with one attached hydrogen (secondary N) is 1. The number of amides is 1. The number of benzene rings is 2. The van der Waals surface area contributed by atoms with Crippen molar-refractivity contribution in [2.24, 2.45) is 0 Å². The summed E-state index contributed by atoms with van der Waals surface area (Å²) in [5.41, 5.74) is 2.60. The first-order chi connectivity index (χ1) is 13.2. The third-order valence-corrected chi connectivity index (χ3v) is 4.95. The number of para-hydroxylation sites is 1. The van der Waals surface area contributed by atoms with Gasteiger partial charge in [0.1, 0.15) is 10.8 Å². The quantitative estimate of drug-likeness (QED) is 0.603. The molecule has 5 nitrogen and oxygen atoms in total. The molecule has 0 aliphatic carbocycles. The minimum absolute atomic E-state index is 0.0643. The van der Waals surface area contributed by atoms with Crippen LogP contribution >= 0.6 is 23.4 Å². The van der Waals surface area contributed by atoms with Gasteiger partial charge in [-0.2, -0.15) is 0 Å². The van der Waals surface area contributed by atoms with Crippen LogP contribution in [0.2, 0.25) is 5.02 Å². The predicted molar refractivity (Wildman–Crippen MR) is 108 cm³/mol. The molecular formula is C20H18ClN3O2S. The normalized spacial score (nSPS) is 10.4. The van der Waals surface area contributed by atoms with Crippen LogP contribution in [0.5, 0.6) is 5.75 Å². The lowest BCUT2D eigenvalue weighted by atomic mass is 10.1. The summed E-state index contributed by atoms with van der Waals surface area (Å²) in [6.45, 7) is 0.467. The van der Waals surface area contributed by atoms with Crippen LogP contribution < -0.4 is 10.1 Å². The van der Waals surface area contributed by atoms with E-state index in [4.69, 9.17) is 16.3 Å². The first-order valence-corrected chi connectivity index (χ1v) is 9.63. The number of methoxy groups -OCH3 is 1. The maximum atomic E-state index is 12.0. The van der Waals surface area contributed by atoms with Crippen LogP contribution in [0, 0.1) is 0 Å². The second-order valence-corrected chi connectivity index (χ2v) is 7.08. The molecule has 3 aromatic rings. The van der Waals surface area contributed by atoms with Crippen molar-refractivity contribution < 1.29 is 9.53 Å². The van der Waals surface area contributed by atoms with Crippen LogP contribution in [0.4, 0.5) is 0 Å². The van der Waals surface area contributed by atoms with Gasteiger partial charge in [0.15, 0.2) is 0 Å². The Hall–Kier alpha value is -2.57. The Morgan fingerprint density at radius 2 is 1.85 bits per heavy atom. The molecular weight excluding hydrogens is 382 g/mol. The van der Waals surface area contributed by atoms with E-state index in [-0.39, 0.29) is 11.7 Å². The number of carbonyl (C=O) groups is 1. The Labute approximate surface area is 167 Å². The van der Waals surface area contributed by atoms with E-state index >= 15 is 0 Å². The van der Waals surface area contributed by atoms with E-state index in [1.165, 1.54) is 11.8 Å². The number of halogens is 1. The van der Waals surface area contributed by atoms with Gasteiger partial charge in [0.2, 0.25) is 5.91 Å². The number of hydrogen-bond acceptors (Lipinski definition) is 5. The molecule has 0 spiro atoms. The third-order valence-electron chi connectivity index (χ3n) is 3.78. The lowest BCUT2D eigenvalue weighted by molar-refractivity contribution is -0.118. The Bertz CT molecular complexity index is 902. The maximum absolute atomic E-state index is 12.0. The van der Waals surface area contributed by atoms with Crippen molar-refractivity contribution in [2.45, 2.75) is 11.6 Å². The summed E-state index contributed by atoms with van der Waals surface area (Å²) in [4.78, 5) is 12.0. The molecule has 0 fully saturated rings. The molecule has 0 radical (unpaired) electrons. The molecule has 0 unspecified atom stereocenters. The van der Waals surface area contributed by atoms with Crippen LogP contribution in [0.3, 0.4) is 0 Å². The number of ether oxygens (including phenoxy) is 1. The second kappa shape index (κ2) is 9.39. The SMILES string of the molecule is COc1ccccc1-c1ccc(SCC(=O)NCc2ccc(Cl)cc2)nn1. The summed E-state index contributed by atoms with van der Waals surface area (Å²) in [7, 11) is 1.62. The van der Waals surface area contributed by atoms with Gasteiger partial charge >= 0.3 is 0 Å². The van der Waals surface area contributed by atoms with E-state index in [1.807, 2.05) is 48.5 Å². The molecule has 1 heterocycles. The van der Waals surface area contributed by atoms with Gasteiger partial charge in [-0.25, -0.2) is 0 Å². The molecule has 0 saturated carbocycles. The van der Waals surface area contributed by atoms with Crippen molar-refractivity contribution >= 4 is 29.3 Å². The highest BCUT2D eigenvalue weighted by Gasteiger charge is 2.08. The Morgan fingerprint density at radius 1 is 1.07 bits per heavy atom. The lowest BCUT2D eigenvalue weighted by Crippen LogP contribution is -2.24. The van der Waals surface area contributed by atoms with Gasteiger partial charge in [-0.05, 0) is 42.0 Å². The highest BCUT2D eigenvalue weighted by atomic mass is 35.5. The summed E-state index contributed by atoms with van der Waals surface area (Å²) in [6, 6.07) is 18.7. The van der Waals surface area contributed by atoms with Crippen molar-refractivity contribution in [3.63, 3.8) is 0 Å². The highest BCUT2D eigenvalue weighted by Crippen LogP contribution is 2.28. The van der Waals surface area contributed by atoms with E-state index in [9.17, 15) is 4.79 Å². The zero-order valence-electron chi connectivity index (χ0n) is 14.7. The monoisotopic (exact) mass is 399 g/mol. The number of hydrogen-bond donors (Lipinski definition) is 1. The molecule has 27 heavy (non-hydrogen) atoms. The topological polar surface area (TPSA) is 64.1 Å². The number of nitrogens with zero attached hydrogens (tertiary/aromatic N) is 2. The molecule has 7 heteroatoms. The molecule has 138 valence electrons. The fraction of sp³-hybridized carbons (Fsp3) is 0.150. The predicted octanol–water partition coefficient (Wildman–Crippen LogP) is 4.21. The molecule has 0 saturated heterocycles. The molecule has 0 bridgehead atoms. The van der Waals surface area contributed by atoms with Gasteiger partial charge in [-0.1, -0.05) is 47.6 Å². The third kappa shape index (κ3) is 5.45. The number of aromatic nitrogens is 2. The Morgan fingerprint density at radius 3 is 2.56 bits per heavy atom. The lowest BCUT2D eigenvalue weighted by Gasteiger charge is -2.07. The van der Waals surface area contributed by atoms with Gasteiger partial charge in [0, 0.05) is 17.1 Å². The van der Waals surface area contributed by atoms with Crippen LogP contribution in [0.1, 0.15) is 5.56 Å². The smallest absolute Gasteiger partial charge is 0.230 e. The minimum Gasteiger partial charge on any atom is -0.496 e. The number of thioether (sulfide) groups is 1. The first kappa shape index (κ1) is 19.2. The minimum atomic E-state index is -0.0643. The highest BCUT2D eigenvalue weighted by molar-refractivity contribution is 7.99. The molecule has 1 aromatic heterocycles. The summed E-state index contributed by atoms with van der Waals surface area (Å²) in [5.74, 6) is 0.954. The average molecular weight is 400 g/mol. The van der Waals surface area contributed by atoms with E-state index in [1.54, 1.807) is 19.2 Å². The molecule has 2 aromatic carbocycles. The van der Waals surface area contributed by atoms with Crippen LogP contribution in [0.15, 0.2) is 65.7 Å². The molecule has 1 amide bonds. The van der Waals surface area contributed by atoms with Gasteiger partial charge in [-0.15, -0.1) is 10.2 Å². The van der Waals surface area contributed by atoms with Crippen molar-refractivity contribution in [3.05, 3.63) is 71.2 Å². The van der Waals surface area contributed by atoms with Gasteiger partial charge < -0.3 is 10.1 Å². The number of carbonyl (C=O) groups excluding carboxylic acids is 1. The van der Waals surface area contributed by atoms with E-state index < -0.39 is 0 Å². The number of rotatable bonds is 7. The average Bonchev–Trinajstić information content (AvgIpc) is 2.72. The summed E-state index contributed by atoms with van der Waals surface area (Å²) < 4.78 is 5.35. The summed E-state index contributed by atoms with van der Waals surface area (Å²) in [5, 5.41) is 12.7. The zero-order chi connectivity index (χ0) is 19.1. The largest absolute Gasteiger partial charge is 0.496 e. The molecule has 0 atom stereocenters. The fourth-order valence-corrected chi connectivity index (χ4v) is 3.16. The van der Waals surface area contributed by atoms with Crippen LogP contribution in [0.25, 0.3) is 11.3 Å². The molecule has 1 N–H and O–H groups in total. The molecule has 0 aliphatic rings. The standard InChI is InChI=1S/C20H18ClN3O2S/c1-26-18-5-3-2-4-16(18)17-10-11-20(24-23-17)27-13-19(25)22-12-14-6-8-15(21)9-7-14/h2-11H,12-13H2,1H3,(H,22,25). The zero-order valence-corrected chi connectivity index (χ0v) is 16.3. The maximum Gasteiger partial charge on any atom is 0.230 e. The van der Waals surface area contributed by atoms with Crippen LogP contribution in [-0.2, 0) is 11.3 Å². The Balaban J connectivity index is 1.52. The van der Waals surface area contributed by atoms with Gasteiger partial charge in [-0.3, -0.25) is 4.79 Å². The van der Waals surface area contributed by atoms with Crippen molar-refractivity contribution in [2.75, 3.05) is 12.9 Å². The first-order valence-electron chi connectivity index (χ1n) is 8.27. The van der Waals surface area contributed by atoms with Gasteiger partial charge in [0.25, 0.3) is 0 Å². The van der Waals surface area contributed by atoms with Crippen molar-refractivity contribution in [1.29, 1.82) is 0 Å². The molecule has 0 aliphatic heterocycles. The summed E-state index contributed by atoms with van der Waals surface area (Å²) >= 11 is 7.19. The fourth-order valence-electron chi connectivity index (χ4n) is 2.39. The van der Waals surface area contributed by atoms with Crippen molar-refractivity contribution in [1.82, 2.24) is 15.5 Å². The van der Waals surface area contributed by atoms with E-state index in [0.29, 0.717) is 16.6 Å². The second-order valence-electron chi connectivity index (χ2n) is 5.65. The van der Waals surface area contributed by atoms with E-state index in [0.717, 1.165) is 22.6 Å². The Kier molecular flexibility index (Phi) is 6.68. The van der Waals surface area contributed by atoms with Crippen LogP contribution in [-0.4, -0.2) is 29.0 Å². The van der Waals surface area contributed by atoms with E-state index in [2.05, 4.69) is 15.5 Å². The van der Waals surface area contributed by atoms with Crippen molar-refractivity contribution in [3.8, 4) is 17.0 Å². The molecule has 3 rings (SSSR count).